The van der Waals surface area contributed by atoms with Crippen molar-refractivity contribution in [2.24, 2.45) is 0 Å². The van der Waals surface area contributed by atoms with Crippen molar-refractivity contribution in [2.75, 3.05) is 61.0 Å². The molecule has 1 aliphatic rings. The van der Waals surface area contributed by atoms with Crippen molar-refractivity contribution in [2.45, 2.75) is 209 Å². The molecule has 0 radical (unpaired) electrons. The van der Waals surface area contributed by atoms with Crippen molar-refractivity contribution in [3.05, 3.63) is 0 Å². The topological polar surface area (TPSA) is 425 Å². The fraction of sp³-hybridized carbons (Fsp3) is 0.820. The number of ether oxygens (including phenoxy) is 10. The quantitative estimate of drug-likeness (QED) is 0.0180. The van der Waals surface area contributed by atoms with Crippen LogP contribution in [0, 0.1) is 0 Å². The first-order valence-corrected chi connectivity index (χ1v) is 34.5. The SMILES string of the molecule is CCCCCCCCO[C@@H]1[C@H](OC(=O)CCC)[C@H](OP(=O)(OCOC(=O)CC)OCOC(=O)CC)[C@@H](OP(=O)(OCOC(=O)CC)OCOC(=O)CC)[C@H](OP(=O)(OCOC(=O)CC)OCOC(=O)CC)[C@H]1OP(=O)(OCOC(=O)CC)OCOC(=O)CC. The summed E-state index contributed by atoms with van der Waals surface area (Å²) in [5.41, 5.74) is 0. The Kier molecular flexibility index (Phi) is 42.5. The van der Waals surface area contributed by atoms with Crippen LogP contribution in [0.25, 0.3) is 0 Å². The number of esters is 9. The molecule has 39 heteroatoms. The summed E-state index contributed by atoms with van der Waals surface area (Å²) >= 11 is 0. The van der Waals surface area contributed by atoms with E-state index in [1.807, 2.05) is 6.92 Å². The van der Waals surface area contributed by atoms with Crippen molar-refractivity contribution in [1.82, 2.24) is 0 Å². The highest BCUT2D eigenvalue weighted by Crippen LogP contribution is 2.62. The van der Waals surface area contributed by atoms with Crippen LogP contribution in [0.2, 0.25) is 0 Å². The van der Waals surface area contributed by atoms with E-state index in [0.717, 1.165) is 19.3 Å². The molecule has 0 N–H and O–H groups in total. The summed E-state index contributed by atoms with van der Waals surface area (Å²) in [4.78, 5) is 114. The Labute approximate surface area is 516 Å². The zero-order valence-electron chi connectivity index (χ0n) is 51.7. The molecule has 0 heterocycles. The molecule has 0 amide bonds. The molecule has 0 spiro atoms. The number of hydrogen-bond acceptors (Lipinski definition) is 35. The Morgan fingerprint density at radius 2 is 0.494 bits per heavy atom. The van der Waals surface area contributed by atoms with Crippen LogP contribution in [0.15, 0.2) is 0 Å². The van der Waals surface area contributed by atoms with Gasteiger partial charge in [0.15, 0.2) is 6.10 Å². The number of carbonyl (C=O) groups excluding carboxylic acids is 9. The molecule has 0 saturated heterocycles. The fourth-order valence-corrected chi connectivity index (χ4v) is 10.9. The first-order chi connectivity index (χ1) is 42.3. The molecule has 6 atom stereocenters. The molecule has 0 aliphatic heterocycles. The maximum Gasteiger partial charge on any atom is 0.481 e. The van der Waals surface area contributed by atoms with E-state index in [4.69, 9.17) is 102 Å². The van der Waals surface area contributed by atoms with Crippen molar-refractivity contribution < 1.29 is 163 Å². The lowest BCUT2D eigenvalue weighted by Gasteiger charge is -2.49. The van der Waals surface area contributed by atoms with Crippen LogP contribution in [0.1, 0.15) is 172 Å². The van der Waals surface area contributed by atoms with Crippen LogP contribution in [0.4, 0.5) is 0 Å². The standard InChI is InChI=1S/C50H86O35P4/c1-11-21-22-23-24-25-27-64-45-46(81-44(59)26-12-2)48(83-87(61,75-30-67-38(53)15-5)76-31-68-39(54)16-6)50(85-89(63,79-34-71-42(57)19-9)80-35-72-43(58)20-10)49(84-88(62,77-32-69-40(55)17-7)78-33-70-41(56)18-8)47(45)82-86(60,73-28-65-36(51)13-3)74-29-66-37(52)14-4/h45-50H,11-35H2,1-10H3/t45-,46+,47+,48+,49-,50-/m1/s1. The summed E-state index contributed by atoms with van der Waals surface area (Å²) in [6.07, 6.45) is -15.1. The van der Waals surface area contributed by atoms with Gasteiger partial charge >= 0.3 is 85.0 Å². The van der Waals surface area contributed by atoms with Gasteiger partial charge in [-0.25, -0.2) is 54.5 Å². The predicted octanol–water partition coefficient (Wildman–Crippen LogP) is 8.85. The molecular weight excluding hydrogens is 1280 g/mol. The number of phosphoric acid groups is 4. The summed E-state index contributed by atoms with van der Waals surface area (Å²) in [5.74, 6) is -9.00. The summed E-state index contributed by atoms with van der Waals surface area (Å²) in [7, 11) is -23.2. The monoisotopic (exact) mass is 1370 g/mol. The second-order valence-corrected chi connectivity index (χ2v) is 24.3. The van der Waals surface area contributed by atoms with E-state index in [1.165, 1.54) is 62.3 Å². The van der Waals surface area contributed by atoms with Crippen molar-refractivity contribution >= 4 is 85.0 Å². The van der Waals surface area contributed by atoms with Crippen LogP contribution < -0.4 is 0 Å². The molecule has 1 rings (SSSR count). The van der Waals surface area contributed by atoms with Crippen molar-refractivity contribution in [3.8, 4) is 0 Å². The molecule has 516 valence electrons. The third-order valence-electron chi connectivity index (χ3n) is 11.2. The van der Waals surface area contributed by atoms with Crippen LogP contribution in [-0.2, 0) is 163 Å². The van der Waals surface area contributed by atoms with E-state index in [-0.39, 0.29) is 64.2 Å². The molecule has 1 aliphatic carbocycles. The average molecular weight is 1370 g/mol. The van der Waals surface area contributed by atoms with E-state index >= 15 is 18.3 Å². The lowest BCUT2D eigenvalue weighted by Crippen LogP contribution is -2.67. The summed E-state index contributed by atoms with van der Waals surface area (Å²) in [6.45, 7) is 3.37. The zero-order valence-corrected chi connectivity index (χ0v) is 55.3. The van der Waals surface area contributed by atoms with Gasteiger partial charge in [-0.3, -0.25) is 61.2 Å². The van der Waals surface area contributed by atoms with E-state index in [0.29, 0.717) is 12.8 Å². The van der Waals surface area contributed by atoms with E-state index in [2.05, 4.69) is 0 Å². The molecule has 0 unspecified atom stereocenters. The second-order valence-electron chi connectivity index (χ2n) is 17.8. The van der Waals surface area contributed by atoms with Crippen LogP contribution in [0.5, 0.6) is 0 Å². The largest absolute Gasteiger partial charge is 0.481 e. The molecular formula is C50H86O35P4. The molecule has 0 aromatic carbocycles. The second kappa shape index (κ2) is 45.8. The van der Waals surface area contributed by atoms with Gasteiger partial charge in [-0.2, -0.15) is 0 Å². The van der Waals surface area contributed by atoms with E-state index < -0.39 is 189 Å². The Morgan fingerprint density at radius 3 is 0.730 bits per heavy atom. The summed E-state index contributed by atoms with van der Waals surface area (Å²) in [5, 5.41) is 0. The lowest BCUT2D eigenvalue weighted by molar-refractivity contribution is -0.239. The minimum absolute atomic E-state index is 0.0268. The number of carbonyl (C=O) groups is 9. The average Bonchev–Trinajstić information content (AvgIpc) is 1.05. The number of hydrogen-bond donors (Lipinski definition) is 0. The maximum atomic E-state index is 15.4. The Hall–Kier alpha value is -4.37. The number of unbranched alkanes of at least 4 members (excludes halogenated alkanes) is 5. The van der Waals surface area contributed by atoms with Gasteiger partial charge in [-0.05, 0) is 12.8 Å². The Morgan fingerprint density at radius 1 is 0.270 bits per heavy atom. The molecule has 1 saturated carbocycles. The molecule has 89 heavy (non-hydrogen) atoms. The highest BCUT2D eigenvalue weighted by molar-refractivity contribution is 7.49. The zero-order chi connectivity index (χ0) is 66.9. The first kappa shape index (κ1) is 82.6. The lowest BCUT2D eigenvalue weighted by atomic mass is 9.84. The van der Waals surface area contributed by atoms with Crippen LogP contribution in [0.3, 0.4) is 0 Å². The molecule has 0 aromatic rings. The Balaban J connectivity index is 5.11. The van der Waals surface area contributed by atoms with E-state index in [9.17, 15) is 43.2 Å². The summed E-state index contributed by atoms with van der Waals surface area (Å²) in [6, 6.07) is 0. The number of rotatable bonds is 51. The third-order valence-corrected chi connectivity index (χ3v) is 16.6. The smallest absolute Gasteiger partial charge is 0.457 e. The van der Waals surface area contributed by atoms with E-state index in [1.54, 1.807) is 0 Å². The van der Waals surface area contributed by atoms with Crippen molar-refractivity contribution in [1.29, 1.82) is 0 Å². The van der Waals surface area contributed by atoms with Gasteiger partial charge in [-0.15, -0.1) is 0 Å². The normalized spacial score (nSPS) is 17.8. The molecule has 0 aromatic heterocycles. The minimum atomic E-state index is -5.87. The molecule has 35 nitrogen and oxygen atoms in total. The van der Waals surface area contributed by atoms with Gasteiger partial charge in [0.1, 0.15) is 30.5 Å². The molecule has 1 fully saturated rings. The third kappa shape index (κ3) is 34.2. The predicted molar refractivity (Wildman–Crippen MR) is 297 cm³/mol. The number of phosphoric ester groups is 4. The highest BCUT2D eigenvalue weighted by atomic mass is 31.2. The van der Waals surface area contributed by atoms with Gasteiger partial charge < -0.3 is 47.4 Å². The van der Waals surface area contributed by atoms with Gasteiger partial charge in [-0.1, -0.05) is 101 Å². The van der Waals surface area contributed by atoms with Crippen LogP contribution in [-0.4, -0.2) is 151 Å². The van der Waals surface area contributed by atoms with Gasteiger partial charge in [0.25, 0.3) is 0 Å². The minimum Gasteiger partial charge on any atom is -0.457 e. The Bertz CT molecular complexity index is 2270. The van der Waals surface area contributed by atoms with Gasteiger partial charge in [0, 0.05) is 64.4 Å². The fourth-order valence-electron chi connectivity index (χ4n) is 6.50. The molecule has 0 bridgehead atoms. The summed E-state index contributed by atoms with van der Waals surface area (Å²) < 4.78 is 182. The van der Waals surface area contributed by atoms with Crippen molar-refractivity contribution in [3.63, 3.8) is 0 Å². The van der Waals surface area contributed by atoms with Crippen LogP contribution >= 0.6 is 31.3 Å². The highest BCUT2D eigenvalue weighted by Gasteiger charge is 2.63. The first-order valence-electron chi connectivity index (χ1n) is 28.7. The maximum absolute atomic E-state index is 15.4. The van der Waals surface area contributed by atoms with Gasteiger partial charge in [0.2, 0.25) is 54.3 Å². The van der Waals surface area contributed by atoms with Gasteiger partial charge in [0.05, 0.1) is 0 Å².